The maximum Gasteiger partial charge on any atom is 0.336 e. The Bertz CT molecular complexity index is 660. The predicted molar refractivity (Wildman–Crippen MR) is 79.5 cm³/mol. The molecule has 0 amide bonds. The maximum atomic E-state index is 13.0. The average molecular weight is 286 g/mol. The molecule has 0 aliphatic rings. The highest BCUT2D eigenvalue weighted by Crippen LogP contribution is 2.25. The summed E-state index contributed by atoms with van der Waals surface area (Å²) in [5, 5.41) is 9.38. The molecule has 0 saturated carbocycles. The molecular weight excluding hydrogens is 271 g/mol. The highest BCUT2D eigenvalue weighted by Gasteiger charge is 2.12. The lowest BCUT2D eigenvalue weighted by Gasteiger charge is -2.08. The van der Waals surface area contributed by atoms with Crippen molar-refractivity contribution in [2.75, 3.05) is 6.61 Å². The highest BCUT2D eigenvalue weighted by molar-refractivity contribution is 6.20. The Morgan fingerprint density at radius 2 is 1.86 bits per heavy atom. The summed E-state index contributed by atoms with van der Waals surface area (Å²) < 4.78 is 18.4. The SMILES string of the molecule is CCOc1ccccc1/C=C(\C(=O)O)c1ccc(F)cc1. The van der Waals surface area contributed by atoms with Gasteiger partial charge in [-0.25, -0.2) is 9.18 Å². The minimum absolute atomic E-state index is 0.0853. The van der Waals surface area contributed by atoms with Crippen LogP contribution in [0.2, 0.25) is 0 Å². The van der Waals surface area contributed by atoms with Crippen molar-refractivity contribution < 1.29 is 19.0 Å². The lowest BCUT2D eigenvalue weighted by Crippen LogP contribution is -2.00. The predicted octanol–water partition coefficient (Wildman–Crippen LogP) is 3.85. The summed E-state index contributed by atoms with van der Waals surface area (Å²) in [6, 6.07) is 12.5. The normalized spacial score (nSPS) is 11.2. The standard InChI is InChI=1S/C17H15FO3/c1-2-21-16-6-4-3-5-13(16)11-15(17(19)20)12-7-9-14(18)10-8-12/h3-11H,2H2,1H3,(H,19,20)/b15-11-. The number of para-hydroxylation sites is 1. The van der Waals surface area contributed by atoms with E-state index in [1.165, 1.54) is 30.3 Å². The number of carboxylic acid groups (broad SMARTS) is 1. The fraction of sp³-hybridized carbons (Fsp3) is 0.118. The van der Waals surface area contributed by atoms with Gasteiger partial charge in [0.25, 0.3) is 0 Å². The molecule has 0 radical (unpaired) electrons. The molecule has 1 N–H and O–H groups in total. The molecule has 0 bridgehead atoms. The molecule has 4 heteroatoms. The van der Waals surface area contributed by atoms with Gasteiger partial charge < -0.3 is 9.84 Å². The van der Waals surface area contributed by atoms with Crippen LogP contribution < -0.4 is 4.74 Å². The number of halogens is 1. The van der Waals surface area contributed by atoms with Gasteiger partial charge in [0, 0.05) is 5.56 Å². The maximum absolute atomic E-state index is 13.0. The van der Waals surface area contributed by atoms with Gasteiger partial charge in [0.1, 0.15) is 11.6 Å². The number of rotatable bonds is 5. The molecule has 2 aromatic carbocycles. The second kappa shape index (κ2) is 6.70. The number of aliphatic carboxylic acids is 1. The van der Waals surface area contributed by atoms with Crippen LogP contribution in [-0.2, 0) is 4.79 Å². The molecule has 0 atom stereocenters. The van der Waals surface area contributed by atoms with Crippen LogP contribution in [0, 0.1) is 5.82 Å². The molecule has 2 aromatic rings. The molecule has 0 unspecified atom stereocenters. The summed E-state index contributed by atoms with van der Waals surface area (Å²) in [5.41, 5.74) is 1.19. The topological polar surface area (TPSA) is 46.5 Å². The minimum Gasteiger partial charge on any atom is -0.493 e. The monoisotopic (exact) mass is 286 g/mol. The molecule has 3 nitrogen and oxygen atoms in total. The number of carbonyl (C=O) groups is 1. The van der Waals surface area contributed by atoms with Gasteiger partial charge in [-0.15, -0.1) is 0 Å². The van der Waals surface area contributed by atoms with Crippen molar-refractivity contribution in [1.29, 1.82) is 0 Å². The Labute approximate surface area is 122 Å². The second-order valence-corrected chi connectivity index (χ2v) is 4.34. The Hall–Kier alpha value is -2.62. The number of hydrogen-bond donors (Lipinski definition) is 1. The van der Waals surface area contributed by atoms with E-state index in [1.807, 2.05) is 13.0 Å². The molecule has 2 rings (SSSR count). The van der Waals surface area contributed by atoms with Crippen LogP contribution in [0.25, 0.3) is 11.6 Å². The zero-order chi connectivity index (χ0) is 15.2. The first kappa shape index (κ1) is 14.8. The van der Waals surface area contributed by atoms with Crippen LogP contribution >= 0.6 is 0 Å². The van der Waals surface area contributed by atoms with Crippen LogP contribution in [0.15, 0.2) is 48.5 Å². The zero-order valence-corrected chi connectivity index (χ0v) is 11.5. The summed E-state index contributed by atoms with van der Waals surface area (Å²) in [5.74, 6) is -0.869. The lowest BCUT2D eigenvalue weighted by molar-refractivity contribution is -0.130. The van der Waals surface area contributed by atoms with Gasteiger partial charge >= 0.3 is 5.97 Å². The van der Waals surface area contributed by atoms with Gasteiger partial charge in [0.2, 0.25) is 0 Å². The first-order valence-electron chi connectivity index (χ1n) is 6.54. The van der Waals surface area contributed by atoms with E-state index in [-0.39, 0.29) is 5.57 Å². The van der Waals surface area contributed by atoms with Gasteiger partial charge in [0.15, 0.2) is 0 Å². The zero-order valence-electron chi connectivity index (χ0n) is 11.5. The second-order valence-electron chi connectivity index (χ2n) is 4.34. The molecule has 0 aromatic heterocycles. The Kier molecular flexibility index (Phi) is 4.72. The summed E-state index contributed by atoms with van der Waals surface area (Å²) in [6.07, 6.45) is 1.53. The molecule has 0 aliphatic carbocycles. The molecule has 0 aliphatic heterocycles. The first-order valence-corrected chi connectivity index (χ1v) is 6.54. The van der Waals surface area contributed by atoms with Crippen LogP contribution in [0.5, 0.6) is 5.75 Å². The smallest absolute Gasteiger partial charge is 0.336 e. The van der Waals surface area contributed by atoms with Gasteiger partial charge in [0.05, 0.1) is 12.2 Å². The van der Waals surface area contributed by atoms with E-state index < -0.39 is 11.8 Å². The van der Waals surface area contributed by atoms with E-state index in [0.717, 1.165) is 0 Å². The van der Waals surface area contributed by atoms with Crippen molar-refractivity contribution in [3.63, 3.8) is 0 Å². The summed E-state index contributed by atoms with van der Waals surface area (Å²) in [6.45, 7) is 2.35. The molecule has 0 fully saturated rings. The summed E-state index contributed by atoms with van der Waals surface area (Å²) >= 11 is 0. The average Bonchev–Trinajstić information content (AvgIpc) is 2.47. The van der Waals surface area contributed by atoms with Crippen LogP contribution in [0.4, 0.5) is 4.39 Å². The van der Waals surface area contributed by atoms with Gasteiger partial charge in [-0.1, -0.05) is 30.3 Å². The third kappa shape index (κ3) is 3.69. The van der Waals surface area contributed by atoms with Gasteiger partial charge in [-0.2, -0.15) is 0 Å². The largest absolute Gasteiger partial charge is 0.493 e. The van der Waals surface area contributed by atoms with Gasteiger partial charge in [-0.05, 0) is 36.8 Å². The van der Waals surface area contributed by atoms with Crippen molar-refractivity contribution in [2.45, 2.75) is 6.92 Å². The van der Waals surface area contributed by atoms with Crippen LogP contribution in [0.1, 0.15) is 18.1 Å². The van der Waals surface area contributed by atoms with Gasteiger partial charge in [-0.3, -0.25) is 0 Å². The van der Waals surface area contributed by atoms with Crippen molar-refractivity contribution in [1.82, 2.24) is 0 Å². The van der Waals surface area contributed by atoms with E-state index in [9.17, 15) is 14.3 Å². The molecule has 21 heavy (non-hydrogen) atoms. The fourth-order valence-electron chi connectivity index (χ4n) is 1.94. The fourth-order valence-corrected chi connectivity index (χ4v) is 1.94. The quantitative estimate of drug-likeness (QED) is 0.671. The van der Waals surface area contributed by atoms with Crippen LogP contribution in [0.3, 0.4) is 0 Å². The summed E-state index contributed by atoms with van der Waals surface area (Å²) in [7, 11) is 0. The lowest BCUT2D eigenvalue weighted by atomic mass is 10.0. The number of benzene rings is 2. The number of ether oxygens (including phenoxy) is 1. The Balaban J connectivity index is 2.47. The van der Waals surface area contributed by atoms with E-state index in [1.54, 1.807) is 18.2 Å². The molecule has 0 heterocycles. The van der Waals surface area contributed by atoms with E-state index >= 15 is 0 Å². The highest BCUT2D eigenvalue weighted by atomic mass is 19.1. The van der Waals surface area contributed by atoms with E-state index in [0.29, 0.717) is 23.5 Å². The van der Waals surface area contributed by atoms with Crippen molar-refractivity contribution >= 4 is 17.6 Å². The van der Waals surface area contributed by atoms with Crippen molar-refractivity contribution in [3.8, 4) is 5.75 Å². The summed E-state index contributed by atoms with van der Waals surface area (Å²) in [4.78, 5) is 11.5. The van der Waals surface area contributed by atoms with Crippen molar-refractivity contribution in [3.05, 3.63) is 65.5 Å². The third-order valence-electron chi connectivity index (χ3n) is 2.90. The number of hydrogen-bond acceptors (Lipinski definition) is 2. The Morgan fingerprint density at radius 1 is 1.19 bits per heavy atom. The molecule has 0 spiro atoms. The minimum atomic E-state index is -1.08. The number of carboxylic acids is 1. The van der Waals surface area contributed by atoms with Crippen LogP contribution in [-0.4, -0.2) is 17.7 Å². The van der Waals surface area contributed by atoms with E-state index in [2.05, 4.69) is 0 Å². The third-order valence-corrected chi connectivity index (χ3v) is 2.90. The molecule has 108 valence electrons. The van der Waals surface area contributed by atoms with E-state index in [4.69, 9.17) is 4.74 Å². The first-order chi connectivity index (χ1) is 10.1. The molecular formula is C17H15FO3. The molecule has 0 saturated heterocycles. The van der Waals surface area contributed by atoms with Crippen molar-refractivity contribution in [2.24, 2.45) is 0 Å². The Morgan fingerprint density at radius 3 is 2.48 bits per heavy atom.